The molecule has 0 bridgehead atoms. The van der Waals surface area contributed by atoms with Gasteiger partial charge in [0.05, 0.1) is 13.0 Å². The summed E-state index contributed by atoms with van der Waals surface area (Å²) in [7, 11) is 1.58. The molecule has 0 unspecified atom stereocenters. The zero-order chi connectivity index (χ0) is 24.9. The lowest BCUT2D eigenvalue weighted by atomic mass is 10.0. The first kappa shape index (κ1) is 26.7. The molecule has 8 heteroatoms. The summed E-state index contributed by atoms with van der Waals surface area (Å²) in [6.45, 7) is 7.97. The third-order valence-corrected chi connectivity index (χ3v) is 5.14. The number of pyridine rings is 1. The second-order valence-electron chi connectivity index (χ2n) is 7.57. The zero-order valence-corrected chi connectivity index (χ0v) is 20.4. The molecule has 2 N–H and O–H groups in total. The molecule has 0 aliphatic heterocycles. The Balaban J connectivity index is 2.07. The SMILES string of the molecule is C/C=C(/COCC)N(/C=C/N=C(/N)N(C)C(=O)Cc1cccc(-c2cccnc2F)c1)CCC. The molecule has 2 rings (SSSR count). The van der Waals surface area contributed by atoms with Gasteiger partial charge in [0, 0.05) is 50.1 Å². The molecule has 2 aromatic rings. The maximum absolute atomic E-state index is 14.0. The van der Waals surface area contributed by atoms with E-state index in [4.69, 9.17) is 10.5 Å². The van der Waals surface area contributed by atoms with Crippen molar-refractivity contribution in [3.8, 4) is 11.1 Å². The van der Waals surface area contributed by atoms with Crippen LogP contribution in [-0.2, 0) is 16.0 Å². The van der Waals surface area contributed by atoms with Gasteiger partial charge in [-0.3, -0.25) is 9.69 Å². The number of aromatic nitrogens is 1. The van der Waals surface area contributed by atoms with Crippen molar-refractivity contribution < 1.29 is 13.9 Å². The van der Waals surface area contributed by atoms with Crippen molar-refractivity contribution in [2.24, 2.45) is 10.7 Å². The summed E-state index contributed by atoms with van der Waals surface area (Å²) in [5.41, 5.74) is 8.87. The minimum atomic E-state index is -0.550. The van der Waals surface area contributed by atoms with Crippen molar-refractivity contribution in [3.63, 3.8) is 0 Å². The van der Waals surface area contributed by atoms with E-state index in [-0.39, 0.29) is 18.3 Å². The summed E-state index contributed by atoms with van der Waals surface area (Å²) in [6, 6.07) is 10.5. The van der Waals surface area contributed by atoms with E-state index in [0.29, 0.717) is 24.3 Å². The van der Waals surface area contributed by atoms with Crippen molar-refractivity contribution in [2.75, 3.05) is 26.8 Å². The number of aliphatic imine (C=N–C) groups is 1. The number of benzene rings is 1. The highest BCUT2D eigenvalue weighted by molar-refractivity contribution is 5.97. The van der Waals surface area contributed by atoms with Gasteiger partial charge in [0.15, 0.2) is 0 Å². The normalized spacial score (nSPS) is 12.3. The highest BCUT2D eigenvalue weighted by atomic mass is 19.1. The first-order valence-corrected chi connectivity index (χ1v) is 11.4. The summed E-state index contributed by atoms with van der Waals surface area (Å²) in [5.74, 6) is -0.695. The van der Waals surface area contributed by atoms with Gasteiger partial charge in [0.25, 0.3) is 0 Å². The third-order valence-electron chi connectivity index (χ3n) is 5.14. The van der Waals surface area contributed by atoms with Crippen molar-refractivity contribution in [3.05, 3.63) is 78.3 Å². The van der Waals surface area contributed by atoms with Gasteiger partial charge in [0.1, 0.15) is 0 Å². The van der Waals surface area contributed by atoms with Crippen LogP contribution in [-0.4, -0.2) is 53.5 Å². The quantitative estimate of drug-likeness (QED) is 0.302. The van der Waals surface area contributed by atoms with E-state index >= 15 is 0 Å². The zero-order valence-electron chi connectivity index (χ0n) is 20.4. The molecular weight excluding hydrogens is 433 g/mol. The van der Waals surface area contributed by atoms with E-state index in [9.17, 15) is 9.18 Å². The van der Waals surface area contributed by atoms with Crippen LogP contribution in [0, 0.1) is 5.95 Å². The summed E-state index contributed by atoms with van der Waals surface area (Å²) in [4.78, 5) is 24.0. The summed E-state index contributed by atoms with van der Waals surface area (Å²) in [5, 5.41) is 0. The maximum Gasteiger partial charge on any atom is 0.233 e. The predicted molar refractivity (Wildman–Crippen MR) is 134 cm³/mol. The van der Waals surface area contributed by atoms with Gasteiger partial charge in [-0.05, 0) is 43.5 Å². The number of carbonyl (C=O) groups excluding carboxylic acids is 1. The molecule has 0 aliphatic carbocycles. The Hall–Kier alpha value is -3.52. The standard InChI is InChI=1S/C26H34FN5O2/c1-5-15-32(22(6-2)19-34-7-3)16-14-30-26(28)31(4)24(33)18-20-10-8-11-21(17-20)23-12-9-13-29-25(23)27/h6,8-14,16-17H,5,7,15,18-19H2,1-4H3,(H2,28,30)/b16-14+,22-6-. The van der Waals surface area contributed by atoms with Gasteiger partial charge >= 0.3 is 0 Å². The van der Waals surface area contributed by atoms with Crippen LogP contribution in [0.2, 0.25) is 0 Å². The Morgan fingerprint density at radius 3 is 2.74 bits per heavy atom. The monoisotopic (exact) mass is 467 g/mol. The number of allylic oxidation sites excluding steroid dienone is 1. The van der Waals surface area contributed by atoms with Gasteiger partial charge in [-0.25, -0.2) is 9.98 Å². The van der Waals surface area contributed by atoms with Gasteiger partial charge in [0.2, 0.25) is 17.8 Å². The van der Waals surface area contributed by atoms with Crippen molar-refractivity contribution >= 4 is 11.9 Å². The number of nitrogens with zero attached hydrogens (tertiary/aromatic N) is 4. The molecule has 34 heavy (non-hydrogen) atoms. The van der Waals surface area contributed by atoms with Crippen LogP contribution < -0.4 is 5.73 Å². The molecule has 1 aromatic heterocycles. The first-order valence-electron chi connectivity index (χ1n) is 11.4. The molecule has 0 spiro atoms. The average Bonchev–Trinajstić information content (AvgIpc) is 2.84. The molecule has 1 aromatic carbocycles. The van der Waals surface area contributed by atoms with E-state index in [1.54, 1.807) is 43.6 Å². The van der Waals surface area contributed by atoms with Crippen molar-refractivity contribution in [1.29, 1.82) is 0 Å². The second kappa shape index (κ2) is 13.9. The fourth-order valence-corrected chi connectivity index (χ4v) is 3.24. The largest absolute Gasteiger partial charge is 0.376 e. The number of rotatable bonds is 11. The van der Waals surface area contributed by atoms with Crippen LogP contribution in [0.25, 0.3) is 11.1 Å². The Morgan fingerprint density at radius 1 is 1.26 bits per heavy atom. The molecule has 182 valence electrons. The van der Waals surface area contributed by atoms with Gasteiger partial charge in [-0.2, -0.15) is 4.39 Å². The van der Waals surface area contributed by atoms with Crippen LogP contribution >= 0.6 is 0 Å². The minimum absolute atomic E-state index is 0.0824. The molecule has 1 heterocycles. The lowest BCUT2D eigenvalue weighted by Gasteiger charge is -2.22. The number of likely N-dealkylation sites (N-methyl/N-ethyl adjacent to an activating group) is 1. The Kier molecular flexibility index (Phi) is 10.9. The van der Waals surface area contributed by atoms with Crippen molar-refractivity contribution in [2.45, 2.75) is 33.6 Å². The van der Waals surface area contributed by atoms with Crippen LogP contribution in [0.15, 0.2) is 71.8 Å². The summed E-state index contributed by atoms with van der Waals surface area (Å²) >= 11 is 0. The van der Waals surface area contributed by atoms with Crippen LogP contribution in [0.1, 0.15) is 32.8 Å². The molecule has 0 saturated carbocycles. The van der Waals surface area contributed by atoms with Gasteiger partial charge in [-0.1, -0.05) is 37.3 Å². The van der Waals surface area contributed by atoms with Crippen LogP contribution in [0.4, 0.5) is 4.39 Å². The van der Waals surface area contributed by atoms with E-state index in [1.165, 1.54) is 11.1 Å². The second-order valence-corrected chi connectivity index (χ2v) is 7.57. The fraction of sp³-hybridized carbons (Fsp3) is 0.346. The molecule has 0 radical (unpaired) electrons. The lowest BCUT2D eigenvalue weighted by Crippen LogP contribution is -2.39. The number of ether oxygens (including phenoxy) is 1. The van der Waals surface area contributed by atoms with Crippen LogP contribution in [0.5, 0.6) is 0 Å². The van der Waals surface area contributed by atoms with E-state index in [1.807, 2.05) is 32.2 Å². The highest BCUT2D eigenvalue weighted by Crippen LogP contribution is 2.22. The number of nitrogens with two attached hydrogens (primary N) is 1. The predicted octanol–water partition coefficient (Wildman–Crippen LogP) is 4.33. The van der Waals surface area contributed by atoms with Crippen LogP contribution in [0.3, 0.4) is 0 Å². The first-order chi connectivity index (χ1) is 16.4. The molecule has 1 amide bonds. The Labute approximate surface area is 201 Å². The van der Waals surface area contributed by atoms with Gasteiger partial charge in [-0.15, -0.1) is 0 Å². The fourth-order valence-electron chi connectivity index (χ4n) is 3.24. The number of carbonyl (C=O) groups is 1. The number of amides is 1. The Bertz CT molecular complexity index is 1040. The Morgan fingerprint density at radius 2 is 2.06 bits per heavy atom. The highest BCUT2D eigenvalue weighted by Gasteiger charge is 2.14. The molecule has 0 saturated heterocycles. The molecule has 0 fully saturated rings. The number of hydrogen-bond acceptors (Lipinski definition) is 5. The number of guanidine groups is 1. The third kappa shape index (κ3) is 7.81. The lowest BCUT2D eigenvalue weighted by molar-refractivity contribution is -0.125. The smallest absolute Gasteiger partial charge is 0.233 e. The van der Waals surface area contributed by atoms with E-state index < -0.39 is 5.95 Å². The van der Waals surface area contributed by atoms with E-state index in [2.05, 4.69) is 21.8 Å². The molecule has 0 aliphatic rings. The molecular formula is C26H34FN5O2. The van der Waals surface area contributed by atoms with Gasteiger partial charge < -0.3 is 15.4 Å². The van der Waals surface area contributed by atoms with Crippen molar-refractivity contribution in [1.82, 2.24) is 14.8 Å². The van der Waals surface area contributed by atoms with E-state index in [0.717, 1.165) is 24.2 Å². The molecule has 7 nitrogen and oxygen atoms in total. The minimum Gasteiger partial charge on any atom is -0.376 e. The number of halogens is 1. The topological polar surface area (TPSA) is 84.0 Å². The molecule has 0 atom stereocenters. The average molecular weight is 468 g/mol. The maximum atomic E-state index is 14.0. The number of hydrogen-bond donors (Lipinski definition) is 1. The summed E-state index contributed by atoms with van der Waals surface area (Å²) in [6.07, 6.45) is 7.87. The summed E-state index contributed by atoms with van der Waals surface area (Å²) < 4.78 is 19.6.